The van der Waals surface area contributed by atoms with Gasteiger partial charge in [-0.25, -0.2) is 0 Å². The van der Waals surface area contributed by atoms with Crippen LogP contribution >= 0.6 is 0 Å². The number of fused-ring (bicyclic) bond motifs is 1. The summed E-state index contributed by atoms with van der Waals surface area (Å²) in [5, 5.41) is 3.70. The van der Waals surface area contributed by atoms with Crippen LogP contribution in [0.4, 0.5) is 0 Å². The number of hydrogen-bond donors (Lipinski definition) is 1. The van der Waals surface area contributed by atoms with Gasteiger partial charge in [0.15, 0.2) is 11.5 Å². The Bertz CT molecular complexity index is 511. The van der Waals surface area contributed by atoms with E-state index in [-0.39, 0.29) is 5.60 Å². The Kier molecular flexibility index (Phi) is 3.51. The van der Waals surface area contributed by atoms with Gasteiger partial charge in [-0.2, -0.15) is 0 Å². The Morgan fingerprint density at radius 1 is 1.19 bits per heavy atom. The number of benzene rings is 1. The van der Waals surface area contributed by atoms with Crippen molar-refractivity contribution in [2.24, 2.45) is 0 Å². The van der Waals surface area contributed by atoms with E-state index in [4.69, 9.17) is 14.2 Å². The monoisotopic (exact) mass is 289 g/mol. The number of ether oxygens (including phenoxy) is 3. The van der Waals surface area contributed by atoms with E-state index in [1.165, 1.54) is 31.2 Å². The molecular formula is C17H23NO3. The normalized spacial score (nSPS) is 26.4. The standard InChI is InChI=1S/C17H23NO3/c1-2-8-17(7-1)10-14(6-9-21-17)18-11-13-4-3-5-15-16(13)20-12-19-15/h3-5,14,18H,1-2,6-12H2. The molecule has 3 aliphatic rings. The van der Waals surface area contributed by atoms with Gasteiger partial charge in [0.25, 0.3) is 0 Å². The minimum atomic E-state index is 0.175. The van der Waals surface area contributed by atoms with Gasteiger partial charge in [-0.15, -0.1) is 0 Å². The van der Waals surface area contributed by atoms with Crippen LogP contribution in [0, 0.1) is 0 Å². The Labute approximate surface area is 125 Å². The van der Waals surface area contributed by atoms with E-state index in [1.807, 2.05) is 12.1 Å². The summed E-state index contributed by atoms with van der Waals surface area (Å²) in [4.78, 5) is 0. The SMILES string of the molecule is c1cc(CNC2CCOC3(CCCC3)C2)c2c(c1)OCO2. The number of hydrogen-bond acceptors (Lipinski definition) is 4. The zero-order chi connectivity index (χ0) is 14.1. The van der Waals surface area contributed by atoms with E-state index in [0.29, 0.717) is 12.8 Å². The lowest BCUT2D eigenvalue weighted by Gasteiger charge is -2.38. The van der Waals surface area contributed by atoms with E-state index in [0.717, 1.165) is 37.5 Å². The molecule has 0 radical (unpaired) electrons. The second kappa shape index (κ2) is 5.50. The largest absolute Gasteiger partial charge is 0.454 e. The molecule has 0 amide bonds. The van der Waals surface area contributed by atoms with Gasteiger partial charge < -0.3 is 19.5 Å². The first kappa shape index (κ1) is 13.4. The third-order valence-corrected chi connectivity index (χ3v) is 5.07. The van der Waals surface area contributed by atoms with Crippen molar-refractivity contribution in [1.82, 2.24) is 5.32 Å². The minimum absolute atomic E-state index is 0.175. The molecule has 1 saturated carbocycles. The van der Waals surface area contributed by atoms with Crippen LogP contribution in [0.25, 0.3) is 0 Å². The molecule has 2 heterocycles. The van der Waals surface area contributed by atoms with Crippen molar-refractivity contribution in [3.05, 3.63) is 23.8 Å². The lowest BCUT2D eigenvalue weighted by Crippen LogP contribution is -2.45. The lowest BCUT2D eigenvalue weighted by atomic mass is 9.89. The molecule has 114 valence electrons. The van der Waals surface area contributed by atoms with Crippen LogP contribution in [0.3, 0.4) is 0 Å². The van der Waals surface area contributed by atoms with Crippen molar-refractivity contribution in [3.63, 3.8) is 0 Å². The molecule has 4 heteroatoms. The smallest absolute Gasteiger partial charge is 0.231 e. The molecule has 2 aliphatic heterocycles. The summed E-state index contributed by atoms with van der Waals surface area (Å²) < 4.78 is 17.1. The molecule has 4 nitrogen and oxygen atoms in total. The number of nitrogens with one attached hydrogen (secondary N) is 1. The Hall–Kier alpha value is -1.26. The van der Waals surface area contributed by atoms with Gasteiger partial charge in [0.1, 0.15) is 0 Å². The maximum atomic E-state index is 6.10. The first-order chi connectivity index (χ1) is 10.3. The van der Waals surface area contributed by atoms with Crippen molar-refractivity contribution in [2.75, 3.05) is 13.4 Å². The Morgan fingerprint density at radius 2 is 2.10 bits per heavy atom. The average Bonchev–Trinajstić information content (AvgIpc) is 3.15. The minimum Gasteiger partial charge on any atom is -0.454 e. The van der Waals surface area contributed by atoms with E-state index in [9.17, 15) is 0 Å². The van der Waals surface area contributed by atoms with Crippen LogP contribution in [0.15, 0.2) is 18.2 Å². The lowest BCUT2D eigenvalue weighted by molar-refractivity contribution is -0.0837. The van der Waals surface area contributed by atoms with Crippen LogP contribution in [-0.2, 0) is 11.3 Å². The zero-order valence-corrected chi connectivity index (χ0v) is 12.4. The molecule has 1 N–H and O–H groups in total. The molecule has 21 heavy (non-hydrogen) atoms. The van der Waals surface area contributed by atoms with Gasteiger partial charge in [-0.3, -0.25) is 0 Å². The molecule has 1 aromatic rings. The van der Waals surface area contributed by atoms with Crippen molar-refractivity contribution in [2.45, 2.75) is 56.7 Å². The molecular weight excluding hydrogens is 266 g/mol. The average molecular weight is 289 g/mol. The molecule has 0 aromatic heterocycles. The van der Waals surface area contributed by atoms with Gasteiger partial charge in [-0.05, 0) is 31.7 Å². The molecule has 1 atom stereocenters. The molecule has 1 spiro atoms. The Balaban J connectivity index is 1.40. The predicted molar refractivity (Wildman–Crippen MR) is 79.6 cm³/mol. The van der Waals surface area contributed by atoms with E-state index >= 15 is 0 Å². The molecule has 1 unspecified atom stereocenters. The predicted octanol–water partition coefficient (Wildman–Crippen LogP) is 3.00. The maximum Gasteiger partial charge on any atom is 0.231 e. The summed E-state index contributed by atoms with van der Waals surface area (Å²) in [7, 11) is 0. The molecule has 0 bridgehead atoms. The first-order valence-electron chi connectivity index (χ1n) is 8.10. The van der Waals surface area contributed by atoms with E-state index < -0.39 is 0 Å². The summed E-state index contributed by atoms with van der Waals surface area (Å²) in [6.07, 6.45) is 7.38. The van der Waals surface area contributed by atoms with Gasteiger partial charge in [-0.1, -0.05) is 25.0 Å². The summed E-state index contributed by atoms with van der Waals surface area (Å²) in [5.74, 6) is 1.78. The van der Waals surface area contributed by atoms with E-state index in [1.54, 1.807) is 0 Å². The molecule has 1 saturated heterocycles. The highest BCUT2D eigenvalue weighted by Crippen LogP contribution is 2.40. The third-order valence-electron chi connectivity index (χ3n) is 5.07. The van der Waals surface area contributed by atoms with Gasteiger partial charge >= 0.3 is 0 Å². The summed E-state index contributed by atoms with van der Waals surface area (Å²) in [5.41, 5.74) is 1.37. The van der Waals surface area contributed by atoms with Gasteiger partial charge in [0.05, 0.1) is 5.60 Å². The first-order valence-corrected chi connectivity index (χ1v) is 8.10. The highest BCUT2D eigenvalue weighted by Gasteiger charge is 2.39. The van der Waals surface area contributed by atoms with Crippen LogP contribution in [0.5, 0.6) is 11.5 Å². The van der Waals surface area contributed by atoms with Crippen molar-refractivity contribution in [3.8, 4) is 11.5 Å². The fourth-order valence-electron chi connectivity index (χ4n) is 3.95. The van der Waals surface area contributed by atoms with Crippen molar-refractivity contribution in [1.29, 1.82) is 0 Å². The summed E-state index contributed by atoms with van der Waals surface area (Å²) in [6, 6.07) is 6.67. The highest BCUT2D eigenvalue weighted by atomic mass is 16.7. The van der Waals surface area contributed by atoms with Crippen LogP contribution in [0.1, 0.15) is 44.1 Å². The van der Waals surface area contributed by atoms with E-state index in [2.05, 4.69) is 11.4 Å². The number of para-hydroxylation sites is 1. The second-order valence-electron chi connectivity index (χ2n) is 6.46. The van der Waals surface area contributed by atoms with Gasteiger partial charge in [0, 0.05) is 24.8 Å². The topological polar surface area (TPSA) is 39.7 Å². The number of rotatable bonds is 3. The fourth-order valence-corrected chi connectivity index (χ4v) is 3.95. The molecule has 1 aliphatic carbocycles. The molecule has 1 aromatic carbocycles. The highest BCUT2D eigenvalue weighted by molar-refractivity contribution is 5.48. The van der Waals surface area contributed by atoms with Crippen LogP contribution < -0.4 is 14.8 Å². The summed E-state index contributed by atoms with van der Waals surface area (Å²) >= 11 is 0. The third kappa shape index (κ3) is 2.62. The molecule has 4 rings (SSSR count). The molecule has 2 fully saturated rings. The zero-order valence-electron chi connectivity index (χ0n) is 12.4. The van der Waals surface area contributed by atoms with Crippen molar-refractivity contribution < 1.29 is 14.2 Å². The van der Waals surface area contributed by atoms with Crippen LogP contribution in [0.2, 0.25) is 0 Å². The second-order valence-corrected chi connectivity index (χ2v) is 6.46. The van der Waals surface area contributed by atoms with Gasteiger partial charge in [0.2, 0.25) is 6.79 Å². The summed E-state index contributed by atoms with van der Waals surface area (Å²) in [6.45, 7) is 2.07. The Morgan fingerprint density at radius 3 is 3.00 bits per heavy atom. The maximum absolute atomic E-state index is 6.10. The fraction of sp³-hybridized carbons (Fsp3) is 0.647. The van der Waals surface area contributed by atoms with Crippen LogP contribution in [-0.4, -0.2) is 25.0 Å². The quantitative estimate of drug-likeness (QED) is 0.928. The van der Waals surface area contributed by atoms with Crippen molar-refractivity contribution >= 4 is 0 Å².